The number of alkyl halides is 3. The van der Waals surface area contributed by atoms with Crippen LogP contribution in [0.2, 0.25) is 0 Å². The highest BCUT2D eigenvalue weighted by molar-refractivity contribution is 6.04. The maximum Gasteiger partial charge on any atom is 0.416 e. The van der Waals surface area contributed by atoms with Gasteiger partial charge in [0.05, 0.1) is 5.56 Å². The Kier molecular flexibility index (Phi) is 5.31. The van der Waals surface area contributed by atoms with Crippen molar-refractivity contribution in [3.63, 3.8) is 0 Å². The number of nitrogens with zero attached hydrogens (tertiary/aromatic N) is 2. The minimum atomic E-state index is -4.61. The van der Waals surface area contributed by atoms with E-state index in [0.717, 1.165) is 12.1 Å². The molecule has 3 N–H and O–H groups in total. The number of aromatic nitrogens is 2. The maximum absolute atomic E-state index is 12.8. The number of aryl methyl sites for hydroxylation is 1. The molecule has 0 fully saturated rings. The van der Waals surface area contributed by atoms with Crippen molar-refractivity contribution in [2.24, 2.45) is 0 Å². The fraction of sp³-hybridized carbons (Fsp3) is 0.333. The Morgan fingerprint density at radius 1 is 1.38 bits per heavy atom. The van der Waals surface area contributed by atoms with Gasteiger partial charge >= 0.3 is 12.1 Å². The van der Waals surface area contributed by atoms with Gasteiger partial charge in [-0.05, 0) is 24.6 Å². The van der Waals surface area contributed by atoms with Gasteiger partial charge in [0.15, 0.2) is 5.69 Å². The quantitative estimate of drug-likeness (QED) is 0.700. The second-order valence-electron chi connectivity index (χ2n) is 6.50. The Morgan fingerprint density at radius 3 is 2.72 bits per heavy atom. The molecular weight excluding hydrogens is 393 g/mol. The third kappa shape index (κ3) is 4.08. The van der Waals surface area contributed by atoms with Gasteiger partial charge in [0, 0.05) is 24.1 Å². The summed E-state index contributed by atoms with van der Waals surface area (Å²) in [6.07, 6.45) is -4.10. The number of carboxylic acids is 1. The standard InChI is InChI=1S/C18H17F3N4O4/c1-2-6-25-14-11(13(24-25)17(28)29)8-12(16(27)23-14)22-15(26)9-4-3-5-10(7-9)18(19,20)21/h3-5,7,12H,2,6,8H2,1H3,(H,22,26)(H,23,27)(H,28,29). The molecule has 154 valence electrons. The lowest BCUT2D eigenvalue weighted by atomic mass is 10.00. The van der Waals surface area contributed by atoms with Crippen LogP contribution < -0.4 is 10.6 Å². The molecule has 1 aromatic heterocycles. The summed E-state index contributed by atoms with van der Waals surface area (Å²) in [7, 11) is 0. The van der Waals surface area contributed by atoms with Crippen LogP contribution in [0.1, 0.15) is 45.3 Å². The summed E-state index contributed by atoms with van der Waals surface area (Å²) in [5.41, 5.74) is -1.25. The first-order chi connectivity index (χ1) is 13.6. The number of hydrogen-bond donors (Lipinski definition) is 3. The molecule has 0 saturated heterocycles. The van der Waals surface area contributed by atoms with Crippen LogP contribution >= 0.6 is 0 Å². The number of aromatic carboxylic acids is 1. The topological polar surface area (TPSA) is 113 Å². The Morgan fingerprint density at radius 2 is 2.10 bits per heavy atom. The number of fused-ring (bicyclic) bond motifs is 1. The Balaban J connectivity index is 1.85. The van der Waals surface area contributed by atoms with E-state index >= 15 is 0 Å². The van der Waals surface area contributed by atoms with Crippen molar-refractivity contribution >= 4 is 23.6 Å². The zero-order valence-electron chi connectivity index (χ0n) is 15.2. The van der Waals surface area contributed by atoms with Crippen molar-refractivity contribution in [3.05, 3.63) is 46.6 Å². The number of carbonyl (C=O) groups is 3. The number of carbonyl (C=O) groups excluding carboxylic acids is 2. The molecule has 2 aromatic rings. The Hall–Kier alpha value is -3.37. The minimum Gasteiger partial charge on any atom is -0.476 e. The number of benzene rings is 1. The summed E-state index contributed by atoms with van der Waals surface area (Å²) in [6.45, 7) is 2.24. The van der Waals surface area contributed by atoms with E-state index in [4.69, 9.17) is 0 Å². The monoisotopic (exact) mass is 410 g/mol. The van der Waals surface area contributed by atoms with Crippen LogP contribution in [0.4, 0.5) is 19.0 Å². The molecule has 3 rings (SSSR count). The van der Waals surface area contributed by atoms with Gasteiger partial charge in [-0.3, -0.25) is 9.59 Å². The Bertz CT molecular complexity index is 984. The highest BCUT2D eigenvalue weighted by Gasteiger charge is 2.35. The van der Waals surface area contributed by atoms with E-state index in [-0.39, 0.29) is 29.1 Å². The van der Waals surface area contributed by atoms with Gasteiger partial charge in [0.1, 0.15) is 11.9 Å². The number of amides is 2. The summed E-state index contributed by atoms with van der Waals surface area (Å²) < 4.78 is 39.9. The van der Waals surface area contributed by atoms with Crippen LogP contribution in [-0.2, 0) is 23.9 Å². The Labute approximate surface area is 162 Å². The zero-order valence-corrected chi connectivity index (χ0v) is 15.2. The molecule has 8 nitrogen and oxygen atoms in total. The highest BCUT2D eigenvalue weighted by Crippen LogP contribution is 2.30. The second kappa shape index (κ2) is 7.57. The molecular formula is C18H17F3N4O4. The largest absolute Gasteiger partial charge is 0.476 e. The number of anilines is 1. The van der Waals surface area contributed by atoms with Gasteiger partial charge in [0.2, 0.25) is 5.91 Å². The molecule has 1 aliphatic rings. The van der Waals surface area contributed by atoms with Gasteiger partial charge in [0.25, 0.3) is 5.91 Å². The third-order valence-corrected chi connectivity index (χ3v) is 4.41. The van der Waals surface area contributed by atoms with Crippen molar-refractivity contribution in [2.75, 3.05) is 5.32 Å². The van der Waals surface area contributed by atoms with Gasteiger partial charge < -0.3 is 15.7 Å². The number of nitrogens with one attached hydrogen (secondary N) is 2. The molecule has 1 atom stereocenters. The van der Waals surface area contributed by atoms with E-state index in [1.807, 2.05) is 6.92 Å². The number of hydrogen-bond acceptors (Lipinski definition) is 4. The molecule has 1 aliphatic heterocycles. The highest BCUT2D eigenvalue weighted by atomic mass is 19.4. The summed E-state index contributed by atoms with van der Waals surface area (Å²) in [5, 5.41) is 18.2. The van der Waals surface area contributed by atoms with Crippen LogP contribution in [0.15, 0.2) is 24.3 Å². The number of carboxylic acid groups (broad SMARTS) is 1. The SMILES string of the molecule is CCCn1nc(C(=O)O)c2c1NC(=O)C(NC(=O)c1cccc(C(F)(F)F)c1)C2. The molecule has 2 amide bonds. The predicted octanol–water partition coefficient (Wildman–Crippen LogP) is 2.30. The number of rotatable bonds is 5. The van der Waals surface area contributed by atoms with Crippen LogP contribution in [0.5, 0.6) is 0 Å². The van der Waals surface area contributed by atoms with E-state index in [0.29, 0.717) is 19.0 Å². The fourth-order valence-electron chi connectivity index (χ4n) is 3.07. The second-order valence-corrected chi connectivity index (χ2v) is 6.50. The molecule has 0 bridgehead atoms. The lowest BCUT2D eigenvalue weighted by Gasteiger charge is -2.24. The van der Waals surface area contributed by atoms with Crippen molar-refractivity contribution in [1.82, 2.24) is 15.1 Å². The van der Waals surface area contributed by atoms with Crippen molar-refractivity contribution in [2.45, 2.75) is 38.5 Å². The molecule has 1 aromatic carbocycles. The predicted molar refractivity (Wildman–Crippen MR) is 94.5 cm³/mol. The summed E-state index contributed by atoms with van der Waals surface area (Å²) >= 11 is 0. The van der Waals surface area contributed by atoms with Gasteiger partial charge in [-0.2, -0.15) is 18.3 Å². The van der Waals surface area contributed by atoms with E-state index in [9.17, 15) is 32.7 Å². The van der Waals surface area contributed by atoms with Gasteiger partial charge in [-0.1, -0.05) is 13.0 Å². The fourth-order valence-corrected chi connectivity index (χ4v) is 3.07. The van der Waals surface area contributed by atoms with Crippen molar-refractivity contribution < 1.29 is 32.7 Å². The smallest absolute Gasteiger partial charge is 0.416 e. The van der Waals surface area contributed by atoms with E-state index in [1.165, 1.54) is 10.7 Å². The first-order valence-corrected chi connectivity index (χ1v) is 8.73. The van der Waals surface area contributed by atoms with E-state index in [2.05, 4.69) is 15.7 Å². The molecule has 0 spiro atoms. The average molecular weight is 410 g/mol. The normalized spacial score (nSPS) is 16.1. The van der Waals surface area contributed by atoms with Gasteiger partial charge in [-0.15, -0.1) is 0 Å². The van der Waals surface area contributed by atoms with Crippen molar-refractivity contribution in [3.8, 4) is 0 Å². The minimum absolute atomic E-state index is 0.142. The first kappa shape index (κ1) is 20.4. The van der Waals surface area contributed by atoms with Crippen LogP contribution in [0, 0.1) is 0 Å². The summed E-state index contributed by atoms with van der Waals surface area (Å²) in [6, 6.07) is 2.65. The molecule has 0 aliphatic carbocycles. The maximum atomic E-state index is 12.8. The van der Waals surface area contributed by atoms with Gasteiger partial charge in [-0.25, -0.2) is 9.48 Å². The summed E-state index contributed by atoms with van der Waals surface area (Å²) in [5.74, 6) is -2.52. The lowest BCUT2D eigenvalue weighted by molar-refractivity contribution is -0.137. The molecule has 11 heteroatoms. The number of halogens is 3. The zero-order chi connectivity index (χ0) is 21.3. The van der Waals surface area contributed by atoms with Crippen LogP contribution in [0.25, 0.3) is 0 Å². The van der Waals surface area contributed by atoms with Crippen LogP contribution in [0.3, 0.4) is 0 Å². The molecule has 0 saturated carbocycles. The lowest BCUT2D eigenvalue weighted by Crippen LogP contribution is -2.48. The molecule has 2 heterocycles. The third-order valence-electron chi connectivity index (χ3n) is 4.41. The van der Waals surface area contributed by atoms with Crippen molar-refractivity contribution in [1.29, 1.82) is 0 Å². The van der Waals surface area contributed by atoms with E-state index < -0.39 is 35.6 Å². The van der Waals surface area contributed by atoms with Crippen LogP contribution in [-0.4, -0.2) is 38.7 Å². The first-order valence-electron chi connectivity index (χ1n) is 8.73. The molecule has 0 radical (unpaired) electrons. The molecule has 1 unspecified atom stereocenters. The molecule has 29 heavy (non-hydrogen) atoms. The summed E-state index contributed by atoms with van der Waals surface area (Å²) in [4.78, 5) is 36.2. The van der Waals surface area contributed by atoms with E-state index in [1.54, 1.807) is 0 Å². The average Bonchev–Trinajstić information content (AvgIpc) is 2.99.